The third-order valence-corrected chi connectivity index (χ3v) is 5.65. The molecule has 1 saturated heterocycles. The van der Waals surface area contributed by atoms with E-state index in [-0.39, 0.29) is 18.3 Å². The molecule has 1 aliphatic rings. The summed E-state index contributed by atoms with van der Waals surface area (Å²) in [5.74, 6) is 1.23. The molecular formula is C26H36N2O5. The molecule has 7 nitrogen and oxygen atoms in total. The molecule has 1 heterocycles. The highest BCUT2D eigenvalue weighted by Gasteiger charge is 2.21. The largest absolute Gasteiger partial charge is 0.507 e. The number of aromatic hydroxyl groups is 1. The van der Waals surface area contributed by atoms with Crippen molar-refractivity contribution in [1.29, 1.82) is 0 Å². The molecule has 0 spiro atoms. The predicted molar refractivity (Wildman–Crippen MR) is 128 cm³/mol. The average Bonchev–Trinajstić information content (AvgIpc) is 2.85. The number of aliphatic hydroxyl groups excluding tert-OH is 1. The highest BCUT2D eigenvalue weighted by atomic mass is 16.5. The van der Waals surface area contributed by atoms with Crippen LogP contribution < -0.4 is 14.8 Å². The van der Waals surface area contributed by atoms with E-state index < -0.39 is 6.10 Å². The molecule has 3 rings (SSSR count). The number of carbonyl (C=O) groups excluding carboxylic acids is 1. The number of benzene rings is 2. The number of ether oxygens (including phenoxy) is 2. The van der Waals surface area contributed by atoms with Gasteiger partial charge in [0.15, 0.2) is 11.5 Å². The third-order valence-electron chi connectivity index (χ3n) is 5.65. The zero-order valence-corrected chi connectivity index (χ0v) is 19.5. The van der Waals surface area contributed by atoms with Crippen LogP contribution in [0.15, 0.2) is 42.5 Å². The monoisotopic (exact) mass is 456 g/mol. The minimum Gasteiger partial charge on any atom is -0.507 e. The van der Waals surface area contributed by atoms with Crippen LogP contribution in [0.3, 0.4) is 0 Å². The van der Waals surface area contributed by atoms with Crippen LogP contribution in [-0.2, 0) is 6.42 Å². The van der Waals surface area contributed by atoms with Crippen LogP contribution in [0.1, 0.15) is 48.5 Å². The van der Waals surface area contributed by atoms with Crippen LogP contribution in [0.5, 0.6) is 17.2 Å². The SMILES string of the molecule is CCCOc1ccccc1OCC(O)CNCCc1ccc(O)c(C(=O)N2CCCCC2)c1. The first-order valence-corrected chi connectivity index (χ1v) is 11.9. The van der Waals surface area contributed by atoms with Crippen LogP contribution in [0.4, 0.5) is 0 Å². The second-order valence-electron chi connectivity index (χ2n) is 8.42. The van der Waals surface area contributed by atoms with Crippen molar-refractivity contribution in [2.75, 3.05) is 39.4 Å². The number of nitrogens with zero attached hydrogens (tertiary/aromatic N) is 1. The average molecular weight is 457 g/mol. The van der Waals surface area contributed by atoms with Crippen LogP contribution in [-0.4, -0.2) is 66.5 Å². The molecule has 1 fully saturated rings. The van der Waals surface area contributed by atoms with Crippen molar-refractivity contribution < 1.29 is 24.5 Å². The van der Waals surface area contributed by atoms with Crippen LogP contribution in [0, 0.1) is 0 Å². The van der Waals surface area contributed by atoms with E-state index in [4.69, 9.17) is 9.47 Å². The first-order chi connectivity index (χ1) is 16.1. The first-order valence-electron chi connectivity index (χ1n) is 11.9. The Morgan fingerprint density at radius 1 is 1.09 bits per heavy atom. The van der Waals surface area contributed by atoms with Crippen molar-refractivity contribution in [2.45, 2.75) is 45.1 Å². The fraction of sp³-hybridized carbons (Fsp3) is 0.500. The van der Waals surface area contributed by atoms with Crippen molar-refractivity contribution in [2.24, 2.45) is 0 Å². The molecule has 0 aromatic heterocycles. The van der Waals surface area contributed by atoms with E-state index in [1.54, 1.807) is 12.1 Å². The number of aliphatic hydroxyl groups is 1. The van der Waals surface area contributed by atoms with Gasteiger partial charge in [-0.05, 0) is 68.5 Å². The number of para-hydroxylation sites is 2. The van der Waals surface area contributed by atoms with Crippen LogP contribution in [0.2, 0.25) is 0 Å². The van der Waals surface area contributed by atoms with Crippen molar-refractivity contribution in [3.8, 4) is 17.2 Å². The standard InChI is InChI=1S/C26H36N2O5/c1-2-16-32-24-8-4-5-9-25(24)33-19-21(29)18-27-13-12-20-10-11-23(30)22(17-20)26(31)28-14-6-3-7-15-28/h4-5,8-11,17,21,27,29-30H,2-3,6-7,12-16,18-19H2,1H3. The fourth-order valence-corrected chi connectivity index (χ4v) is 3.82. The second-order valence-corrected chi connectivity index (χ2v) is 8.42. The molecule has 1 amide bonds. The number of phenolic OH excluding ortho intramolecular Hbond substituents is 1. The molecule has 1 aliphatic heterocycles. The number of likely N-dealkylation sites (tertiary alicyclic amines) is 1. The maximum Gasteiger partial charge on any atom is 0.257 e. The molecule has 0 radical (unpaired) electrons. The summed E-state index contributed by atoms with van der Waals surface area (Å²) >= 11 is 0. The molecule has 2 aromatic rings. The summed E-state index contributed by atoms with van der Waals surface area (Å²) in [5.41, 5.74) is 1.33. The van der Waals surface area contributed by atoms with Gasteiger partial charge in [-0.15, -0.1) is 0 Å². The smallest absolute Gasteiger partial charge is 0.257 e. The summed E-state index contributed by atoms with van der Waals surface area (Å²) in [5, 5.41) is 23.7. The molecular weight excluding hydrogens is 420 g/mol. The number of piperidine rings is 1. The third kappa shape index (κ3) is 7.65. The Bertz CT molecular complexity index is 883. The summed E-state index contributed by atoms with van der Waals surface area (Å²) < 4.78 is 11.4. The number of amides is 1. The Labute approximate surface area is 196 Å². The first kappa shape index (κ1) is 24.9. The van der Waals surface area contributed by atoms with Gasteiger partial charge in [0.05, 0.1) is 12.2 Å². The molecule has 180 valence electrons. The molecule has 2 aromatic carbocycles. The fourth-order valence-electron chi connectivity index (χ4n) is 3.82. The number of rotatable bonds is 12. The predicted octanol–water partition coefficient (Wildman–Crippen LogP) is 3.38. The molecule has 3 N–H and O–H groups in total. The Kier molecular flexibility index (Phi) is 9.84. The Morgan fingerprint density at radius 2 is 1.82 bits per heavy atom. The van der Waals surface area contributed by atoms with E-state index in [0.29, 0.717) is 43.2 Å². The van der Waals surface area contributed by atoms with Gasteiger partial charge in [0, 0.05) is 19.6 Å². The lowest BCUT2D eigenvalue weighted by atomic mass is 10.0. The molecule has 1 atom stereocenters. The van der Waals surface area contributed by atoms with E-state index in [0.717, 1.165) is 44.3 Å². The maximum absolute atomic E-state index is 12.8. The van der Waals surface area contributed by atoms with E-state index in [1.807, 2.05) is 42.2 Å². The highest BCUT2D eigenvalue weighted by Crippen LogP contribution is 2.26. The lowest BCUT2D eigenvalue weighted by molar-refractivity contribution is 0.0721. The quantitative estimate of drug-likeness (QED) is 0.424. The summed E-state index contributed by atoms with van der Waals surface area (Å²) in [6.07, 6.45) is 4.11. The van der Waals surface area contributed by atoms with Crippen molar-refractivity contribution in [1.82, 2.24) is 10.2 Å². The number of carbonyl (C=O) groups is 1. The van der Waals surface area contributed by atoms with Gasteiger partial charge >= 0.3 is 0 Å². The van der Waals surface area contributed by atoms with E-state index in [1.165, 1.54) is 0 Å². The van der Waals surface area contributed by atoms with Gasteiger partial charge < -0.3 is 29.9 Å². The van der Waals surface area contributed by atoms with E-state index in [9.17, 15) is 15.0 Å². The minimum absolute atomic E-state index is 0.0260. The number of phenols is 1. The van der Waals surface area contributed by atoms with E-state index in [2.05, 4.69) is 5.32 Å². The molecule has 1 unspecified atom stereocenters. The van der Waals surface area contributed by atoms with Crippen LogP contribution in [0.25, 0.3) is 0 Å². The number of nitrogens with one attached hydrogen (secondary N) is 1. The van der Waals surface area contributed by atoms with Gasteiger partial charge in [-0.25, -0.2) is 0 Å². The van der Waals surface area contributed by atoms with Gasteiger partial charge in [-0.2, -0.15) is 0 Å². The normalized spacial score (nSPS) is 14.7. The van der Waals surface area contributed by atoms with Crippen molar-refractivity contribution in [3.63, 3.8) is 0 Å². The maximum atomic E-state index is 12.8. The molecule has 0 aliphatic carbocycles. The van der Waals surface area contributed by atoms with Crippen molar-refractivity contribution in [3.05, 3.63) is 53.6 Å². The van der Waals surface area contributed by atoms with Gasteiger partial charge in [0.25, 0.3) is 5.91 Å². The number of hydrogen-bond donors (Lipinski definition) is 3. The molecule has 0 bridgehead atoms. The Hall–Kier alpha value is -2.77. The summed E-state index contributed by atoms with van der Waals surface area (Å²) in [6, 6.07) is 12.7. The summed E-state index contributed by atoms with van der Waals surface area (Å²) in [4.78, 5) is 14.6. The highest BCUT2D eigenvalue weighted by molar-refractivity contribution is 5.97. The summed E-state index contributed by atoms with van der Waals surface area (Å²) in [7, 11) is 0. The Balaban J connectivity index is 1.42. The van der Waals surface area contributed by atoms with Gasteiger partial charge in [0.1, 0.15) is 18.5 Å². The molecule has 0 saturated carbocycles. The van der Waals surface area contributed by atoms with Gasteiger partial charge in [-0.1, -0.05) is 25.1 Å². The lowest BCUT2D eigenvalue weighted by Crippen LogP contribution is -2.35. The number of hydrogen-bond acceptors (Lipinski definition) is 6. The van der Waals surface area contributed by atoms with Crippen molar-refractivity contribution >= 4 is 5.91 Å². The zero-order chi connectivity index (χ0) is 23.5. The topological polar surface area (TPSA) is 91.3 Å². The molecule has 33 heavy (non-hydrogen) atoms. The minimum atomic E-state index is -0.666. The van der Waals surface area contributed by atoms with Gasteiger partial charge in [-0.3, -0.25) is 4.79 Å². The zero-order valence-electron chi connectivity index (χ0n) is 19.5. The molecule has 7 heteroatoms. The van der Waals surface area contributed by atoms with Crippen LogP contribution >= 0.6 is 0 Å². The lowest BCUT2D eigenvalue weighted by Gasteiger charge is -2.27. The van der Waals surface area contributed by atoms with E-state index >= 15 is 0 Å². The Morgan fingerprint density at radius 3 is 2.55 bits per heavy atom. The summed E-state index contributed by atoms with van der Waals surface area (Å²) in [6.45, 7) is 5.34. The van der Waals surface area contributed by atoms with Gasteiger partial charge in [0.2, 0.25) is 0 Å². The second kappa shape index (κ2) is 13.1.